The zero-order valence-corrected chi connectivity index (χ0v) is 27.0. The zero-order valence-electron chi connectivity index (χ0n) is 27.0. The summed E-state index contributed by atoms with van der Waals surface area (Å²) in [4.78, 5) is 17.7. The molecular weight excluding hydrogens is 611 g/mol. The Balaban J connectivity index is 1.33. The molecule has 0 fully saturated rings. The quantitative estimate of drug-likeness (QED) is 0.192. The van der Waals surface area contributed by atoms with E-state index >= 15 is 0 Å². The fourth-order valence-electron chi connectivity index (χ4n) is 7.44. The maximum Gasteiger partial charge on any atom is 0.238 e. The first-order valence-electron chi connectivity index (χ1n) is 16.8. The van der Waals surface area contributed by atoms with Gasteiger partial charge in [-0.2, -0.15) is 9.97 Å². The molecule has 50 heavy (non-hydrogen) atoms. The number of hydrogen-bond donors (Lipinski definition) is 0. The first-order chi connectivity index (χ1) is 24.8. The molecule has 0 N–H and O–H groups in total. The van der Waals surface area contributed by atoms with Gasteiger partial charge in [0.05, 0.1) is 22.4 Å². The minimum absolute atomic E-state index is 0.578. The second-order valence-electron chi connectivity index (χ2n) is 12.5. The van der Waals surface area contributed by atoms with E-state index < -0.39 is 0 Å². The lowest BCUT2D eigenvalue weighted by Gasteiger charge is -2.27. The third-order valence-electron chi connectivity index (χ3n) is 9.59. The molecule has 2 aromatic heterocycles. The van der Waals surface area contributed by atoms with Gasteiger partial charge < -0.3 is 4.90 Å². The molecule has 0 saturated carbocycles. The number of hydrogen-bond acceptors (Lipinski definition) is 4. The second-order valence-corrected chi connectivity index (χ2v) is 12.5. The van der Waals surface area contributed by atoms with Gasteiger partial charge in [-0.1, -0.05) is 140 Å². The van der Waals surface area contributed by atoms with Gasteiger partial charge in [-0.3, -0.25) is 4.57 Å². The average Bonchev–Trinajstić information content (AvgIpc) is 3.47. The molecule has 0 unspecified atom stereocenters. The van der Waals surface area contributed by atoms with Crippen molar-refractivity contribution < 1.29 is 0 Å². The molecule has 9 aromatic rings. The van der Waals surface area contributed by atoms with Crippen molar-refractivity contribution in [1.82, 2.24) is 19.5 Å². The third kappa shape index (κ3) is 4.37. The van der Waals surface area contributed by atoms with Crippen molar-refractivity contribution in [2.24, 2.45) is 0 Å². The number of rotatable bonds is 4. The van der Waals surface area contributed by atoms with E-state index in [0.29, 0.717) is 17.6 Å². The van der Waals surface area contributed by atoms with Crippen LogP contribution in [0.25, 0.3) is 72.8 Å². The van der Waals surface area contributed by atoms with Gasteiger partial charge in [-0.25, -0.2) is 4.98 Å². The fourth-order valence-corrected chi connectivity index (χ4v) is 7.44. The number of para-hydroxylation sites is 3. The Kier molecular flexibility index (Phi) is 6.42. The predicted octanol–water partition coefficient (Wildman–Crippen LogP) is 11.4. The molecule has 0 aliphatic carbocycles. The van der Waals surface area contributed by atoms with Crippen molar-refractivity contribution in [3.63, 3.8) is 0 Å². The lowest BCUT2D eigenvalue weighted by molar-refractivity contribution is 0.953. The molecule has 3 heterocycles. The van der Waals surface area contributed by atoms with Gasteiger partial charge in [0.15, 0.2) is 11.6 Å². The molecule has 10 rings (SSSR count). The highest BCUT2D eigenvalue weighted by Gasteiger charge is 2.29. The standard InChI is InChI=1S/C45H29N5/c1-4-16-30(17-5-1)43-46-44(31-18-6-2-7-19-31)48-45(47-43)50-38-27-15-13-25-36(38)42-40(50)29-28-39-41(42)35-24-11-10-22-33(35)34-23-12-14-26-37(34)49(39)32-20-8-3-9-21-32/h1-29H. The Morgan fingerprint density at radius 2 is 0.940 bits per heavy atom. The maximum absolute atomic E-state index is 5.17. The molecule has 0 spiro atoms. The van der Waals surface area contributed by atoms with Gasteiger partial charge in [0.2, 0.25) is 5.95 Å². The molecule has 0 atom stereocenters. The molecule has 234 valence electrons. The Hall–Kier alpha value is -6.85. The fraction of sp³-hybridized carbons (Fsp3) is 0. The van der Waals surface area contributed by atoms with E-state index in [1.54, 1.807) is 0 Å². The van der Waals surface area contributed by atoms with Gasteiger partial charge in [-0.15, -0.1) is 0 Å². The highest BCUT2D eigenvalue weighted by molar-refractivity contribution is 6.21. The van der Waals surface area contributed by atoms with Crippen LogP contribution in [-0.4, -0.2) is 19.5 Å². The number of nitrogens with zero attached hydrogens (tertiary/aromatic N) is 5. The van der Waals surface area contributed by atoms with Crippen LogP contribution in [0.2, 0.25) is 0 Å². The van der Waals surface area contributed by atoms with Gasteiger partial charge >= 0.3 is 0 Å². The van der Waals surface area contributed by atoms with E-state index in [-0.39, 0.29) is 0 Å². The van der Waals surface area contributed by atoms with Crippen LogP contribution in [0.15, 0.2) is 176 Å². The minimum Gasteiger partial charge on any atom is -0.309 e. The third-order valence-corrected chi connectivity index (χ3v) is 9.59. The number of fused-ring (bicyclic) bond motifs is 9. The van der Waals surface area contributed by atoms with Gasteiger partial charge in [0.1, 0.15) is 0 Å². The molecule has 0 bridgehead atoms. The largest absolute Gasteiger partial charge is 0.309 e. The second kappa shape index (κ2) is 11.4. The van der Waals surface area contributed by atoms with Crippen LogP contribution in [-0.2, 0) is 0 Å². The van der Waals surface area contributed by atoms with Gasteiger partial charge in [0, 0.05) is 38.7 Å². The molecular formula is C45H29N5. The number of benzene rings is 7. The summed E-state index contributed by atoms with van der Waals surface area (Å²) in [6.07, 6.45) is 0. The topological polar surface area (TPSA) is 46.8 Å². The molecule has 0 saturated heterocycles. The van der Waals surface area contributed by atoms with Crippen LogP contribution in [0, 0.1) is 0 Å². The highest BCUT2D eigenvalue weighted by atomic mass is 15.2. The summed E-state index contributed by atoms with van der Waals surface area (Å²) in [5.74, 6) is 1.84. The van der Waals surface area contributed by atoms with Gasteiger partial charge in [-0.05, 0) is 47.5 Å². The summed E-state index contributed by atoms with van der Waals surface area (Å²) in [6.45, 7) is 0. The van der Waals surface area contributed by atoms with E-state index in [9.17, 15) is 0 Å². The van der Waals surface area contributed by atoms with E-state index in [1.165, 1.54) is 22.3 Å². The highest BCUT2D eigenvalue weighted by Crippen LogP contribution is 2.54. The molecule has 5 heteroatoms. The normalized spacial score (nSPS) is 12.0. The van der Waals surface area contributed by atoms with Crippen molar-refractivity contribution in [1.29, 1.82) is 0 Å². The molecule has 1 aliphatic rings. The van der Waals surface area contributed by atoms with Crippen molar-refractivity contribution in [2.75, 3.05) is 4.90 Å². The summed E-state index contributed by atoms with van der Waals surface area (Å²) in [7, 11) is 0. The van der Waals surface area contributed by atoms with Crippen LogP contribution in [0.5, 0.6) is 0 Å². The van der Waals surface area contributed by atoms with E-state index in [4.69, 9.17) is 15.0 Å². The van der Waals surface area contributed by atoms with Crippen LogP contribution in [0.4, 0.5) is 17.1 Å². The Bertz CT molecular complexity index is 2640. The maximum atomic E-state index is 5.17. The Labute approximate surface area is 289 Å². The molecule has 0 radical (unpaired) electrons. The molecule has 1 aliphatic heterocycles. The number of anilines is 3. The molecule has 5 nitrogen and oxygen atoms in total. The number of aromatic nitrogens is 4. The van der Waals surface area contributed by atoms with Crippen LogP contribution in [0.3, 0.4) is 0 Å². The summed E-state index contributed by atoms with van der Waals surface area (Å²) >= 11 is 0. The molecule has 7 aromatic carbocycles. The van der Waals surface area contributed by atoms with Crippen LogP contribution in [0.1, 0.15) is 0 Å². The Morgan fingerprint density at radius 1 is 0.380 bits per heavy atom. The first kappa shape index (κ1) is 28.2. The summed E-state index contributed by atoms with van der Waals surface area (Å²) in [6, 6.07) is 61.5. The summed E-state index contributed by atoms with van der Waals surface area (Å²) in [5, 5.41) is 2.29. The molecule has 0 amide bonds. The van der Waals surface area contributed by atoms with Crippen molar-refractivity contribution in [3.05, 3.63) is 176 Å². The van der Waals surface area contributed by atoms with E-state index in [1.807, 2.05) is 60.7 Å². The van der Waals surface area contributed by atoms with Crippen molar-refractivity contribution >= 4 is 38.9 Å². The minimum atomic E-state index is 0.578. The van der Waals surface area contributed by atoms with E-state index in [2.05, 4.69) is 125 Å². The SMILES string of the molecule is c1ccc(-c2nc(-c3ccccc3)nc(-n3c4ccccc4c4c5c(ccc43)N(c3ccccc3)c3ccccc3-c3ccccc3-5)n2)cc1. The smallest absolute Gasteiger partial charge is 0.238 e. The Morgan fingerprint density at radius 3 is 1.64 bits per heavy atom. The lowest BCUT2D eigenvalue weighted by Crippen LogP contribution is -2.11. The van der Waals surface area contributed by atoms with E-state index in [0.717, 1.165) is 50.0 Å². The van der Waals surface area contributed by atoms with Gasteiger partial charge in [0.25, 0.3) is 0 Å². The summed E-state index contributed by atoms with van der Waals surface area (Å²) in [5.41, 5.74) is 12.1. The van der Waals surface area contributed by atoms with Crippen LogP contribution < -0.4 is 4.90 Å². The van der Waals surface area contributed by atoms with Crippen LogP contribution >= 0.6 is 0 Å². The first-order valence-corrected chi connectivity index (χ1v) is 16.8. The predicted molar refractivity (Wildman–Crippen MR) is 204 cm³/mol. The monoisotopic (exact) mass is 639 g/mol. The van der Waals surface area contributed by atoms with Crippen molar-refractivity contribution in [2.45, 2.75) is 0 Å². The zero-order chi connectivity index (χ0) is 33.0. The summed E-state index contributed by atoms with van der Waals surface area (Å²) < 4.78 is 2.21. The van der Waals surface area contributed by atoms with Crippen molar-refractivity contribution in [3.8, 4) is 51.0 Å². The average molecular weight is 640 g/mol. The lowest BCUT2D eigenvalue weighted by atomic mass is 9.92.